The summed E-state index contributed by atoms with van der Waals surface area (Å²) in [7, 11) is 0. The first-order valence-corrected chi connectivity index (χ1v) is 7.38. The van der Waals surface area contributed by atoms with Gasteiger partial charge >= 0.3 is 0 Å². The molecule has 118 valence electrons. The van der Waals surface area contributed by atoms with Crippen LogP contribution in [0, 0.1) is 6.92 Å². The summed E-state index contributed by atoms with van der Waals surface area (Å²) >= 11 is 0. The number of carbonyl (C=O) groups excluding carboxylic acids is 1. The number of rotatable bonds is 6. The maximum Gasteiger partial charge on any atom is 0.287 e. The summed E-state index contributed by atoms with van der Waals surface area (Å²) in [6.07, 6.45) is 4.50. The smallest absolute Gasteiger partial charge is 0.287 e. The summed E-state index contributed by atoms with van der Waals surface area (Å²) in [5.74, 6) is 1.52. The molecule has 6 nitrogen and oxygen atoms in total. The van der Waals surface area contributed by atoms with E-state index in [-0.39, 0.29) is 17.1 Å². The minimum atomic E-state index is -0.365. The van der Waals surface area contributed by atoms with Gasteiger partial charge in [-0.15, -0.1) is 0 Å². The maximum atomic E-state index is 11.9. The van der Waals surface area contributed by atoms with Crippen LogP contribution in [0.3, 0.4) is 0 Å². The van der Waals surface area contributed by atoms with Crippen molar-refractivity contribution in [2.24, 2.45) is 0 Å². The van der Waals surface area contributed by atoms with Crippen LogP contribution in [0.2, 0.25) is 0 Å². The van der Waals surface area contributed by atoms with Gasteiger partial charge in [-0.05, 0) is 13.3 Å². The van der Waals surface area contributed by atoms with Gasteiger partial charge in [-0.2, -0.15) is 0 Å². The van der Waals surface area contributed by atoms with Crippen molar-refractivity contribution in [1.29, 1.82) is 0 Å². The highest BCUT2D eigenvalue weighted by Gasteiger charge is 2.10. The minimum Gasteiger partial charge on any atom is -0.456 e. The van der Waals surface area contributed by atoms with Gasteiger partial charge in [0.2, 0.25) is 0 Å². The Morgan fingerprint density at radius 2 is 2.18 bits per heavy atom. The molecular weight excluding hydrogens is 282 g/mol. The zero-order chi connectivity index (χ0) is 16.1. The van der Waals surface area contributed by atoms with Gasteiger partial charge in [0.25, 0.3) is 5.91 Å². The molecule has 0 spiro atoms. The predicted molar refractivity (Wildman–Crippen MR) is 83.0 cm³/mol. The molecule has 0 radical (unpaired) electrons. The molecule has 22 heavy (non-hydrogen) atoms. The van der Waals surface area contributed by atoms with Crippen LogP contribution >= 0.6 is 0 Å². The lowest BCUT2D eigenvalue weighted by Crippen LogP contribution is -2.26. The third kappa shape index (κ3) is 4.07. The van der Waals surface area contributed by atoms with Crippen molar-refractivity contribution < 1.29 is 9.21 Å². The number of amides is 1. The molecule has 0 bridgehead atoms. The number of nitrogens with zero attached hydrogens (tertiary/aromatic N) is 2. The SMILES string of the molecule is Cc1cc(=O)cc(C(=O)NCCCn2ccnc2C(C)C)o1. The van der Waals surface area contributed by atoms with Gasteiger partial charge in [0, 0.05) is 43.5 Å². The molecule has 2 rings (SSSR count). The predicted octanol–water partition coefficient (Wildman–Crippen LogP) is 2.09. The van der Waals surface area contributed by atoms with Crippen molar-refractivity contribution in [3.63, 3.8) is 0 Å². The average molecular weight is 303 g/mol. The fraction of sp³-hybridized carbons (Fsp3) is 0.438. The Balaban J connectivity index is 1.84. The quantitative estimate of drug-likeness (QED) is 0.829. The standard InChI is InChI=1S/C16H21N3O3/c1-11(2)15-17-6-8-19(15)7-4-5-18-16(21)14-10-13(20)9-12(3)22-14/h6,8-11H,4-5,7H2,1-3H3,(H,18,21). The monoisotopic (exact) mass is 303 g/mol. The summed E-state index contributed by atoms with van der Waals surface area (Å²) in [6, 6.07) is 2.55. The summed E-state index contributed by atoms with van der Waals surface area (Å²) in [6.45, 7) is 7.13. The van der Waals surface area contributed by atoms with Crippen LogP contribution in [0.25, 0.3) is 0 Å². The van der Waals surface area contributed by atoms with E-state index < -0.39 is 0 Å². The lowest BCUT2D eigenvalue weighted by Gasteiger charge is -2.10. The lowest BCUT2D eigenvalue weighted by molar-refractivity contribution is 0.0921. The number of nitrogens with one attached hydrogen (secondary N) is 1. The van der Waals surface area contributed by atoms with Crippen molar-refractivity contribution in [2.45, 2.75) is 39.7 Å². The van der Waals surface area contributed by atoms with Gasteiger partial charge in [-0.25, -0.2) is 4.98 Å². The van der Waals surface area contributed by atoms with Crippen LogP contribution in [0.5, 0.6) is 0 Å². The number of aromatic nitrogens is 2. The highest BCUT2D eigenvalue weighted by atomic mass is 16.3. The fourth-order valence-corrected chi connectivity index (χ4v) is 2.26. The number of imidazole rings is 1. The number of hydrogen-bond donors (Lipinski definition) is 1. The molecule has 0 fully saturated rings. The molecule has 6 heteroatoms. The van der Waals surface area contributed by atoms with E-state index in [0.29, 0.717) is 18.2 Å². The Labute approximate surface area is 129 Å². The highest BCUT2D eigenvalue weighted by Crippen LogP contribution is 2.11. The molecule has 0 saturated carbocycles. The Hall–Kier alpha value is -2.37. The Kier molecular flexibility index (Phi) is 5.14. The largest absolute Gasteiger partial charge is 0.456 e. The van der Waals surface area contributed by atoms with E-state index >= 15 is 0 Å². The second kappa shape index (κ2) is 7.06. The molecule has 0 aliphatic rings. The zero-order valence-corrected chi connectivity index (χ0v) is 13.1. The van der Waals surface area contributed by atoms with E-state index in [1.807, 2.05) is 6.20 Å². The molecule has 2 heterocycles. The molecule has 0 unspecified atom stereocenters. The van der Waals surface area contributed by atoms with Crippen molar-refractivity contribution in [3.05, 3.63) is 52.1 Å². The molecule has 0 aliphatic carbocycles. The average Bonchev–Trinajstić information content (AvgIpc) is 2.90. The Morgan fingerprint density at radius 1 is 1.41 bits per heavy atom. The van der Waals surface area contributed by atoms with E-state index in [4.69, 9.17) is 4.42 Å². The molecule has 2 aromatic heterocycles. The van der Waals surface area contributed by atoms with Crippen LogP contribution in [-0.2, 0) is 6.54 Å². The first kappa shape index (κ1) is 16.0. The summed E-state index contributed by atoms with van der Waals surface area (Å²) in [5, 5.41) is 2.76. The normalized spacial score (nSPS) is 10.9. The number of hydrogen-bond acceptors (Lipinski definition) is 4. The van der Waals surface area contributed by atoms with Crippen LogP contribution in [0.1, 0.15) is 48.3 Å². The molecule has 1 amide bonds. The zero-order valence-electron chi connectivity index (χ0n) is 13.1. The van der Waals surface area contributed by atoms with Gasteiger partial charge in [-0.1, -0.05) is 13.8 Å². The molecule has 0 aliphatic heterocycles. The van der Waals surface area contributed by atoms with Crippen molar-refractivity contribution >= 4 is 5.91 Å². The molecule has 1 N–H and O–H groups in total. The molecule has 0 aromatic carbocycles. The molecule has 0 atom stereocenters. The van der Waals surface area contributed by atoms with Crippen molar-refractivity contribution in [3.8, 4) is 0 Å². The van der Waals surface area contributed by atoms with E-state index in [0.717, 1.165) is 18.8 Å². The molecular formula is C16H21N3O3. The van der Waals surface area contributed by atoms with Crippen LogP contribution < -0.4 is 10.7 Å². The van der Waals surface area contributed by atoms with Gasteiger partial charge in [0.1, 0.15) is 11.6 Å². The third-order valence-corrected chi connectivity index (χ3v) is 3.24. The lowest BCUT2D eigenvalue weighted by atomic mass is 10.2. The number of carbonyl (C=O) groups is 1. The van der Waals surface area contributed by atoms with Gasteiger partial charge in [-0.3, -0.25) is 9.59 Å². The van der Waals surface area contributed by atoms with E-state index in [2.05, 4.69) is 28.7 Å². The van der Waals surface area contributed by atoms with Crippen LogP contribution in [-0.4, -0.2) is 22.0 Å². The van der Waals surface area contributed by atoms with Crippen molar-refractivity contribution in [2.75, 3.05) is 6.54 Å². The van der Waals surface area contributed by atoms with Gasteiger partial charge < -0.3 is 14.3 Å². The third-order valence-electron chi connectivity index (χ3n) is 3.24. The number of aryl methyl sites for hydroxylation is 2. The van der Waals surface area contributed by atoms with Gasteiger partial charge in [0.15, 0.2) is 11.2 Å². The van der Waals surface area contributed by atoms with E-state index in [1.165, 1.54) is 12.1 Å². The maximum absolute atomic E-state index is 11.9. The molecule has 2 aromatic rings. The molecule has 0 saturated heterocycles. The first-order chi connectivity index (χ1) is 10.5. The first-order valence-electron chi connectivity index (χ1n) is 7.38. The van der Waals surface area contributed by atoms with Crippen LogP contribution in [0.4, 0.5) is 0 Å². The van der Waals surface area contributed by atoms with Gasteiger partial charge in [0.05, 0.1) is 0 Å². The summed E-state index contributed by atoms with van der Waals surface area (Å²) < 4.78 is 7.33. The highest BCUT2D eigenvalue weighted by molar-refractivity contribution is 5.91. The summed E-state index contributed by atoms with van der Waals surface area (Å²) in [5.41, 5.74) is -0.228. The van der Waals surface area contributed by atoms with E-state index in [1.54, 1.807) is 13.1 Å². The minimum absolute atomic E-state index is 0.0514. The van der Waals surface area contributed by atoms with E-state index in [9.17, 15) is 9.59 Å². The second-order valence-electron chi connectivity index (χ2n) is 5.51. The topological polar surface area (TPSA) is 77.1 Å². The van der Waals surface area contributed by atoms with Crippen molar-refractivity contribution in [1.82, 2.24) is 14.9 Å². The summed E-state index contributed by atoms with van der Waals surface area (Å²) in [4.78, 5) is 27.6. The fourth-order valence-electron chi connectivity index (χ4n) is 2.26. The van der Waals surface area contributed by atoms with Crippen LogP contribution in [0.15, 0.2) is 33.7 Å². The second-order valence-corrected chi connectivity index (χ2v) is 5.51. The Bertz CT molecular complexity index is 701. The Morgan fingerprint density at radius 3 is 2.86 bits per heavy atom.